The first-order chi connectivity index (χ1) is 28.3. The first-order valence-corrected chi connectivity index (χ1v) is 19.9. The van der Waals surface area contributed by atoms with Gasteiger partial charge in [-0.25, -0.2) is 0 Å². The first-order valence-electron chi connectivity index (χ1n) is 19.9. The SMILES string of the molecule is C1=C2c3ccccc3C(c3ccccc3)(c3ccccc3)C2CC(N(c2ccccc2)c2ccc(-c3ccc4c(c3)c3ccccc3n4-c3ccccc3)cc2)=C1. The summed E-state index contributed by atoms with van der Waals surface area (Å²) in [6, 6.07) is 77.8. The quantitative estimate of drug-likeness (QED) is 0.159. The van der Waals surface area contributed by atoms with Crippen LogP contribution in [0.2, 0.25) is 0 Å². The van der Waals surface area contributed by atoms with Gasteiger partial charge in [0.2, 0.25) is 0 Å². The van der Waals surface area contributed by atoms with Gasteiger partial charge in [-0.3, -0.25) is 0 Å². The lowest BCUT2D eigenvalue weighted by molar-refractivity contribution is 0.473. The van der Waals surface area contributed by atoms with E-state index in [0.29, 0.717) is 0 Å². The van der Waals surface area contributed by atoms with Gasteiger partial charge in [-0.15, -0.1) is 0 Å². The van der Waals surface area contributed by atoms with Crippen molar-refractivity contribution in [3.8, 4) is 16.8 Å². The van der Waals surface area contributed by atoms with Crippen LogP contribution in [0.25, 0.3) is 44.2 Å². The van der Waals surface area contributed by atoms with Crippen molar-refractivity contribution in [2.75, 3.05) is 4.90 Å². The molecule has 1 atom stereocenters. The maximum atomic E-state index is 2.47. The van der Waals surface area contributed by atoms with Crippen molar-refractivity contribution < 1.29 is 0 Å². The normalized spacial score (nSPS) is 15.5. The van der Waals surface area contributed by atoms with Gasteiger partial charge in [0.1, 0.15) is 0 Å². The average Bonchev–Trinajstić information content (AvgIpc) is 3.78. The molecule has 2 nitrogen and oxygen atoms in total. The molecule has 0 amide bonds. The number of benzene rings is 8. The second-order valence-corrected chi connectivity index (χ2v) is 15.3. The number of hydrogen-bond acceptors (Lipinski definition) is 1. The maximum absolute atomic E-state index is 2.47. The highest BCUT2D eigenvalue weighted by Gasteiger charge is 2.52. The number of anilines is 2. The molecule has 8 aromatic carbocycles. The Kier molecular flexibility index (Phi) is 7.89. The summed E-state index contributed by atoms with van der Waals surface area (Å²) in [5.41, 5.74) is 16.1. The molecule has 11 rings (SSSR count). The van der Waals surface area contributed by atoms with Crippen molar-refractivity contribution in [2.45, 2.75) is 11.8 Å². The highest BCUT2D eigenvalue weighted by Crippen LogP contribution is 2.60. The summed E-state index contributed by atoms with van der Waals surface area (Å²) in [6.07, 6.45) is 5.65. The van der Waals surface area contributed by atoms with E-state index in [4.69, 9.17) is 0 Å². The third-order valence-corrected chi connectivity index (χ3v) is 12.3. The number of fused-ring (bicyclic) bond motifs is 6. The molecular weight excluding hydrogens is 689 g/mol. The Hall–Kier alpha value is -7.16. The molecular formula is C55H40N2. The van der Waals surface area contributed by atoms with Crippen LogP contribution in [0, 0.1) is 5.92 Å². The van der Waals surface area contributed by atoms with E-state index in [-0.39, 0.29) is 11.3 Å². The van der Waals surface area contributed by atoms with E-state index in [9.17, 15) is 0 Å². The smallest absolute Gasteiger partial charge is 0.0541 e. The van der Waals surface area contributed by atoms with Gasteiger partial charge in [-0.2, -0.15) is 0 Å². The van der Waals surface area contributed by atoms with E-state index in [0.717, 1.165) is 17.8 Å². The molecule has 0 radical (unpaired) electrons. The molecule has 0 saturated heterocycles. The van der Waals surface area contributed by atoms with Gasteiger partial charge in [-0.1, -0.05) is 164 Å². The van der Waals surface area contributed by atoms with Crippen molar-refractivity contribution in [2.24, 2.45) is 5.92 Å². The predicted octanol–water partition coefficient (Wildman–Crippen LogP) is 13.9. The largest absolute Gasteiger partial charge is 0.314 e. The number of nitrogens with zero attached hydrogens (tertiary/aromatic N) is 2. The molecule has 1 unspecified atom stereocenters. The lowest BCUT2D eigenvalue weighted by Gasteiger charge is -2.41. The Bertz CT molecular complexity index is 2920. The third-order valence-electron chi connectivity index (χ3n) is 12.3. The van der Waals surface area contributed by atoms with Crippen LogP contribution < -0.4 is 4.90 Å². The first kappa shape index (κ1) is 33.2. The molecule has 0 fully saturated rings. The summed E-state index contributed by atoms with van der Waals surface area (Å²) >= 11 is 0. The second-order valence-electron chi connectivity index (χ2n) is 15.3. The van der Waals surface area contributed by atoms with E-state index in [1.807, 2.05) is 0 Å². The van der Waals surface area contributed by atoms with E-state index in [1.54, 1.807) is 0 Å². The summed E-state index contributed by atoms with van der Waals surface area (Å²) in [4.78, 5) is 2.47. The molecule has 0 saturated carbocycles. The van der Waals surface area contributed by atoms with Crippen LogP contribution in [0.3, 0.4) is 0 Å². The minimum Gasteiger partial charge on any atom is -0.314 e. The molecule has 9 aromatic rings. The van der Waals surface area contributed by atoms with Gasteiger partial charge in [0.25, 0.3) is 0 Å². The predicted molar refractivity (Wildman–Crippen MR) is 238 cm³/mol. The fourth-order valence-corrected chi connectivity index (χ4v) is 9.94. The van der Waals surface area contributed by atoms with Crippen molar-refractivity contribution in [1.29, 1.82) is 0 Å². The van der Waals surface area contributed by atoms with Crippen molar-refractivity contribution in [1.82, 2.24) is 4.57 Å². The molecule has 57 heavy (non-hydrogen) atoms. The van der Waals surface area contributed by atoms with Gasteiger partial charge >= 0.3 is 0 Å². The summed E-state index contributed by atoms with van der Waals surface area (Å²) in [6.45, 7) is 0. The molecule has 0 bridgehead atoms. The molecule has 2 aliphatic carbocycles. The van der Waals surface area contributed by atoms with Crippen LogP contribution in [0.4, 0.5) is 11.4 Å². The highest BCUT2D eigenvalue weighted by molar-refractivity contribution is 6.10. The molecule has 0 aliphatic heterocycles. The number of rotatable bonds is 7. The van der Waals surface area contributed by atoms with E-state index >= 15 is 0 Å². The topological polar surface area (TPSA) is 8.17 Å². The Morgan fingerprint density at radius 2 is 1.02 bits per heavy atom. The highest BCUT2D eigenvalue weighted by atomic mass is 15.1. The van der Waals surface area contributed by atoms with E-state index in [2.05, 4.69) is 234 Å². The van der Waals surface area contributed by atoms with Crippen molar-refractivity contribution in [3.63, 3.8) is 0 Å². The average molecular weight is 729 g/mol. The monoisotopic (exact) mass is 728 g/mol. The summed E-state index contributed by atoms with van der Waals surface area (Å²) < 4.78 is 2.38. The van der Waals surface area contributed by atoms with Crippen LogP contribution in [0.15, 0.2) is 230 Å². The van der Waals surface area contributed by atoms with Gasteiger partial charge in [-0.05, 0) is 106 Å². The molecule has 2 heteroatoms. The van der Waals surface area contributed by atoms with Crippen molar-refractivity contribution in [3.05, 3.63) is 252 Å². The number of para-hydroxylation sites is 3. The molecule has 270 valence electrons. The van der Waals surface area contributed by atoms with E-state index in [1.165, 1.54) is 72.1 Å². The summed E-state index contributed by atoms with van der Waals surface area (Å²) in [5, 5.41) is 2.52. The Balaban J connectivity index is 1.01. The zero-order valence-corrected chi connectivity index (χ0v) is 31.5. The van der Waals surface area contributed by atoms with Crippen LogP contribution in [0.1, 0.15) is 28.7 Å². The van der Waals surface area contributed by atoms with Gasteiger partial charge in [0.15, 0.2) is 0 Å². The molecule has 2 aliphatic rings. The molecule has 0 N–H and O–H groups in total. The Labute approximate surface area is 333 Å². The molecule has 1 heterocycles. The standard InChI is InChI=1S/C55H40N2/c1-5-17-41(18-6-1)55(42-19-7-2-8-20-42)51-27-15-13-25-47(51)48-35-34-46(38-52(48)55)56(43-21-9-3-10-22-43)45-32-29-39(30-33-45)40-31-36-54-50(37-40)49-26-14-16-28-53(49)57(54)44-23-11-4-12-24-44/h1-37,52H,38H2. The molecule has 1 aromatic heterocycles. The Morgan fingerprint density at radius 1 is 0.456 bits per heavy atom. The fraction of sp³-hybridized carbons (Fsp3) is 0.0545. The van der Waals surface area contributed by atoms with E-state index < -0.39 is 0 Å². The van der Waals surface area contributed by atoms with Crippen molar-refractivity contribution >= 4 is 38.8 Å². The zero-order chi connectivity index (χ0) is 37.8. The minimum absolute atomic E-state index is 0.204. The maximum Gasteiger partial charge on any atom is 0.0541 e. The van der Waals surface area contributed by atoms with Gasteiger partial charge in [0, 0.05) is 39.4 Å². The Morgan fingerprint density at radius 3 is 1.74 bits per heavy atom. The van der Waals surface area contributed by atoms with Crippen LogP contribution in [-0.2, 0) is 5.41 Å². The van der Waals surface area contributed by atoms with Crippen LogP contribution >= 0.6 is 0 Å². The number of allylic oxidation sites excluding steroid dienone is 4. The second kappa shape index (κ2) is 13.5. The lowest BCUT2D eigenvalue weighted by Crippen LogP contribution is -2.36. The fourth-order valence-electron chi connectivity index (χ4n) is 9.94. The summed E-state index contributed by atoms with van der Waals surface area (Å²) in [5.74, 6) is 0.204. The minimum atomic E-state index is -0.334. The van der Waals surface area contributed by atoms with Gasteiger partial charge in [0.05, 0.1) is 16.4 Å². The van der Waals surface area contributed by atoms with Crippen LogP contribution in [-0.4, -0.2) is 4.57 Å². The third kappa shape index (κ3) is 5.25. The zero-order valence-electron chi connectivity index (χ0n) is 31.5. The lowest BCUT2D eigenvalue weighted by atomic mass is 9.62. The number of aromatic nitrogens is 1. The number of hydrogen-bond donors (Lipinski definition) is 0. The van der Waals surface area contributed by atoms with Crippen LogP contribution in [0.5, 0.6) is 0 Å². The molecule has 0 spiro atoms. The summed E-state index contributed by atoms with van der Waals surface area (Å²) in [7, 11) is 0. The van der Waals surface area contributed by atoms with Gasteiger partial charge < -0.3 is 9.47 Å².